The molecule has 1 aliphatic heterocycles. The van der Waals surface area contributed by atoms with E-state index in [4.69, 9.17) is 19.5 Å². The molecule has 0 bridgehead atoms. The number of benzene rings is 2. The molecule has 1 unspecified atom stereocenters. The monoisotopic (exact) mass is 394 g/mol. The topological polar surface area (TPSA) is 97.7 Å². The molecule has 7 heteroatoms. The van der Waals surface area contributed by atoms with Crippen LogP contribution in [0.3, 0.4) is 0 Å². The third-order valence-electron chi connectivity index (χ3n) is 4.34. The first kappa shape index (κ1) is 20.2. The van der Waals surface area contributed by atoms with E-state index in [1.807, 2.05) is 32.0 Å². The van der Waals surface area contributed by atoms with Gasteiger partial charge in [0.2, 0.25) is 0 Å². The Kier molecular flexibility index (Phi) is 5.74. The average Bonchev–Trinajstić information content (AvgIpc) is 3.00. The zero-order chi connectivity index (χ0) is 21.0. The van der Waals surface area contributed by atoms with Crippen LogP contribution < -0.4 is 14.8 Å². The maximum atomic E-state index is 12.2. The molecule has 0 fully saturated rings. The zero-order valence-electron chi connectivity index (χ0n) is 16.5. The number of esters is 1. The van der Waals surface area contributed by atoms with Crippen molar-refractivity contribution in [3.63, 3.8) is 0 Å². The normalized spacial score (nSPS) is 14.7. The Morgan fingerprint density at radius 2 is 2.03 bits per heavy atom. The minimum absolute atomic E-state index is 0.322. The Hall–Kier alpha value is -3.53. The molecule has 3 rings (SSSR count). The van der Waals surface area contributed by atoms with Crippen LogP contribution >= 0.6 is 0 Å². The zero-order valence-corrected chi connectivity index (χ0v) is 16.5. The smallest absolute Gasteiger partial charge is 0.344 e. The van der Waals surface area contributed by atoms with E-state index in [2.05, 4.69) is 5.32 Å². The van der Waals surface area contributed by atoms with Crippen molar-refractivity contribution < 1.29 is 23.8 Å². The first-order valence-corrected chi connectivity index (χ1v) is 9.21. The highest BCUT2D eigenvalue weighted by atomic mass is 16.6. The molecule has 1 aliphatic rings. The lowest BCUT2D eigenvalue weighted by Gasteiger charge is -2.18. The number of hydrogen-bond donors (Lipinski definition) is 1. The lowest BCUT2D eigenvalue weighted by Crippen LogP contribution is -2.31. The fourth-order valence-corrected chi connectivity index (χ4v) is 3.03. The highest BCUT2D eigenvalue weighted by molar-refractivity contribution is 5.95. The number of amides is 1. The maximum Gasteiger partial charge on any atom is 0.344 e. The fraction of sp³-hybridized carbons (Fsp3) is 0.318. The summed E-state index contributed by atoms with van der Waals surface area (Å²) in [6, 6.07) is 14.0. The maximum absolute atomic E-state index is 12.2. The largest absolute Gasteiger partial charge is 0.483 e. The molecule has 0 spiro atoms. The fourth-order valence-electron chi connectivity index (χ4n) is 3.03. The lowest BCUT2D eigenvalue weighted by molar-refractivity contribution is -0.155. The van der Waals surface area contributed by atoms with Crippen molar-refractivity contribution in [2.24, 2.45) is 0 Å². The number of fused-ring (bicyclic) bond motifs is 1. The van der Waals surface area contributed by atoms with E-state index in [1.165, 1.54) is 13.0 Å². The molecule has 2 aromatic rings. The van der Waals surface area contributed by atoms with E-state index in [1.54, 1.807) is 24.3 Å². The van der Waals surface area contributed by atoms with Crippen molar-refractivity contribution >= 4 is 17.6 Å². The van der Waals surface area contributed by atoms with Crippen LogP contribution in [0.5, 0.6) is 11.5 Å². The van der Waals surface area contributed by atoms with Gasteiger partial charge in [-0.1, -0.05) is 18.2 Å². The summed E-state index contributed by atoms with van der Waals surface area (Å²) in [5.74, 6) is -0.0728. The van der Waals surface area contributed by atoms with Crippen molar-refractivity contribution in [3.8, 4) is 17.6 Å². The Balaban J connectivity index is 1.53. The van der Waals surface area contributed by atoms with Crippen molar-refractivity contribution in [2.75, 3.05) is 11.9 Å². The van der Waals surface area contributed by atoms with Crippen molar-refractivity contribution in [2.45, 2.75) is 38.9 Å². The highest BCUT2D eigenvalue weighted by Crippen LogP contribution is 2.41. The summed E-state index contributed by atoms with van der Waals surface area (Å²) in [7, 11) is 0. The predicted molar refractivity (Wildman–Crippen MR) is 106 cm³/mol. The summed E-state index contributed by atoms with van der Waals surface area (Å²) in [6.07, 6.45) is -0.262. The minimum atomic E-state index is -1.02. The van der Waals surface area contributed by atoms with Gasteiger partial charge in [-0.25, -0.2) is 4.79 Å². The second-order valence-corrected chi connectivity index (χ2v) is 7.39. The molecule has 1 amide bonds. The van der Waals surface area contributed by atoms with Gasteiger partial charge in [0, 0.05) is 17.7 Å². The first-order valence-electron chi connectivity index (χ1n) is 9.21. The van der Waals surface area contributed by atoms with E-state index in [9.17, 15) is 9.59 Å². The standard InChI is InChI=1S/C22H22N2O5/c1-14(21(26)24-17-8-4-6-15(10-17)12-23)28-19(25)13-27-18-9-5-7-16-11-22(2,3)29-20(16)18/h4-10,14H,11,13H2,1-3H3,(H,24,26). The number of hydrogen-bond acceptors (Lipinski definition) is 6. The molecule has 150 valence electrons. The highest BCUT2D eigenvalue weighted by Gasteiger charge is 2.32. The van der Waals surface area contributed by atoms with Gasteiger partial charge in [-0.3, -0.25) is 4.79 Å². The number of nitrogens with one attached hydrogen (secondary N) is 1. The van der Waals surface area contributed by atoms with Gasteiger partial charge >= 0.3 is 5.97 Å². The van der Waals surface area contributed by atoms with Crippen molar-refractivity contribution in [3.05, 3.63) is 53.6 Å². The Bertz CT molecular complexity index is 977. The summed E-state index contributed by atoms with van der Waals surface area (Å²) in [5, 5.41) is 11.5. The van der Waals surface area contributed by atoms with E-state index in [0.717, 1.165) is 12.0 Å². The van der Waals surface area contributed by atoms with Gasteiger partial charge in [-0.15, -0.1) is 0 Å². The molecule has 1 atom stereocenters. The molecule has 0 aromatic heterocycles. The summed E-state index contributed by atoms with van der Waals surface area (Å²) >= 11 is 0. The predicted octanol–water partition coefficient (Wildman–Crippen LogP) is 3.22. The van der Waals surface area contributed by atoms with Crippen LogP contribution in [0.25, 0.3) is 0 Å². The van der Waals surface area contributed by atoms with Crippen LogP contribution in [0.4, 0.5) is 5.69 Å². The number of para-hydroxylation sites is 1. The quantitative estimate of drug-likeness (QED) is 0.756. The molecule has 0 saturated heterocycles. The summed E-state index contributed by atoms with van der Waals surface area (Å²) < 4.78 is 16.6. The molecular weight excluding hydrogens is 372 g/mol. The van der Waals surface area contributed by atoms with E-state index in [0.29, 0.717) is 22.7 Å². The summed E-state index contributed by atoms with van der Waals surface area (Å²) in [5.41, 5.74) is 1.57. The molecule has 1 heterocycles. The molecule has 0 aliphatic carbocycles. The van der Waals surface area contributed by atoms with E-state index in [-0.39, 0.29) is 12.2 Å². The van der Waals surface area contributed by atoms with Gasteiger partial charge in [0.05, 0.1) is 11.6 Å². The summed E-state index contributed by atoms with van der Waals surface area (Å²) in [6.45, 7) is 5.09. The van der Waals surface area contributed by atoms with Gasteiger partial charge in [0.25, 0.3) is 5.91 Å². The van der Waals surface area contributed by atoms with Crippen LogP contribution in [0.15, 0.2) is 42.5 Å². The van der Waals surface area contributed by atoms with Gasteiger partial charge in [0.15, 0.2) is 24.2 Å². The second kappa shape index (κ2) is 8.23. The van der Waals surface area contributed by atoms with Gasteiger partial charge < -0.3 is 19.5 Å². The minimum Gasteiger partial charge on any atom is -0.483 e. The van der Waals surface area contributed by atoms with Crippen LogP contribution in [0.1, 0.15) is 31.9 Å². The van der Waals surface area contributed by atoms with Crippen molar-refractivity contribution in [1.29, 1.82) is 5.26 Å². The Morgan fingerprint density at radius 1 is 1.28 bits per heavy atom. The number of nitriles is 1. The molecule has 0 saturated carbocycles. The molecule has 1 N–H and O–H groups in total. The third kappa shape index (κ3) is 5.05. The van der Waals surface area contributed by atoms with E-state index < -0.39 is 18.0 Å². The summed E-state index contributed by atoms with van der Waals surface area (Å²) in [4.78, 5) is 24.3. The number of carbonyl (C=O) groups is 2. The van der Waals surface area contributed by atoms with Crippen LogP contribution in [0, 0.1) is 11.3 Å². The number of rotatable bonds is 6. The lowest BCUT2D eigenvalue weighted by atomic mass is 10.0. The SMILES string of the molecule is CC(OC(=O)COc1cccc2c1OC(C)(C)C2)C(=O)Nc1cccc(C#N)c1. The van der Waals surface area contributed by atoms with Gasteiger partial charge in [-0.2, -0.15) is 5.26 Å². The van der Waals surface area contributed by atoms with Gasteiger partial charge in [-0.05, 0) is 45.0 Å². The van der Waals surface area contributed by atoms with Crippen LogP contribution in [0.2, 0.25) is 0 Å². The average molecular weight is 394 g/mol. The molecular formula is C22H22N2O5. The number of nitrogens with zero attached hydrogens (tertiary/aromatic N) is 1. The molecule has 29 heavy (non-hydrogen) atoms. The number of carbonyl (C=O) groups excluding carboxylic acids is 2. The Morgan fingerprint density at radius 3 is 2.79 bits per heavy atom. The molecule has 2 aromatic carbocycles. The number of anilines is 1. The molecule has 7 nitrogen and oxygen atoms in total. The number of ether oxygens (including phenoxy) is 3. The third-order valence-corrected chi connectivity index (χ3v) is 4.34. The van der Waals surface area contributed by atoms with Crippen molar-refractivity contribution in [1.82, 2.24) is 0 Å². The second-order valence-electron chi connectivity index (χ2n) is 7.39. The van der Waals surface area contributed by atoms with Gasteiger partial charge in [0.1, 0.15) is 5.60 Å². The van der Waals surface area contributed by atoms with E-state index >= 15 is 0 Å². The first-order chi connectivity index (χ1) is 13.8. The molecule has 0 radical (unpaired) electrons. The Labute approximate surface area is 169 Å². The van der Waals surface area contributed by atoms with Crippen LogP contribution in [-0.4, -0.2) is 30.2 Å². The van der Waals surface area contributed by atoms with Crippen LogP contribution in [-0.2, 0) is 20.7 Å².